The Morgan fingerprint density at radius 2 is 1.93 bits per heavy atom. The lowest BCUT2D eigenvalue weighted by Crippen LogP contribution is -2.43. The maximum Gasteiger partial charge on any atom is 0.253 e. The Bertz CT molecular complexity index is 825. The van der Waals surface area contributed by atoms with Crippen molar-refractivity contribution in [2.24, 2.45) is 5.92 Å². The molecule has 2 saturated heterocycles. The van der Waals surface area contributed by atoms with E-state index in [1.807, 2.05) is 6.20 Å². The van der Waals surface area contributed by atoms with Crippen LogP contribution >= 0.6 is 23.7 Å². The molecule has 2 fully saturated rings. The number of rotatable bonds is 4. The highest BCUT2D eigenvalue weighted by Gasteiger charge is 2.29. The number of nitrogens with zero attached hydrogens (tertiary/aromatic N) is 3. The SMILES string of the molecule is Cl.O=C(Nc1ncc(C2CCNCC2)s1)C1CCCN(C(=O)c2ccncc2)C1. The van der Waals surface area contributed by atoms with Crippen molar-refractivity contribution in [2.75, 3.05) is 31.5 Å². The van der Waals surface area contributed by atoms with Gasteiger partial charge in [0, 0.05) is 42.1 Å². The molecule has 7 nitrogen and oxygen atoms in total. The standard InChI is InChI=1S/C20H25N5O2S.ClH/c26-18(24-20-23-12-17(28-20)14-3-7-21-8-4-14)16-2-1-11-25(13-16)19(27)15-5-9-22-10-6-15;/h5-6,9-10,12,14,16,21H,1-4,7-8,11,13H2,(H,23,24,26);1H. The fraction of sp³-hybridized carbons (Fsp3) is 0.500. The van der Waals surface area contributed by atoms with Gasteiger partial charge in [-0.15, -0.1) is 23.7 Å². The smallest absolute Gasteiger partial charge is 0.253 e. The third kappa shape index (κ3) is 5.32. The lowest BCUT2D eigenvalue weighted by atomic mass is 9.96. The number of carbonyl (C=O) groups excluding carboxylic acids is 2. The van der Waals surface area contributed by atoms with E-state index in [4.69, 9.17) is 0 Å². The number of halogens is 1. The molecule has 2 aliphatic heterocycles. The number of nitrogens with one attached hydrogen (secondary N) is 2. The van der Waals surface area contributed by atoms with Gasteiger partial charge in [0.2, 0.25) is 5.91 Å². The Balaban J connectivity index is 0.00000240. The number of pyridine rings is 1. The quantitative estimate of drug-likeness (QED) is 0.771. The van der Waals surface area contributed by atoms with Crippen LogP contribution in [0.15, 0.2) is 30.7 Å². The lowest BCUT2D eigenvalue weighted by molar-refractivity contribution is -0.121. The maximum atomic E-state index is 12.8. The van der Waals surface area contributed by atoms with Crippen LogP contribution in [0.25, 0.3) is 0 Å². The molecule has 2 aromatic rings. The van der Waals surface area contributed by atoms with Crippen molar-refractivity contribution in [3.8, 4) is 0 Å². The number of aromatic nitrogens is 2. The van der Waals surface area contributed by atoms with E-state index in [2.05, 4.69) is 20.6 Å². The summed E-state index contributed by atoms with van der Waals surface area (Å²) in [5.41, 5.74) is 0.614. The van der Waals surface area contributed by atoms with Gasteiger partial charge in [-0.3, -0.25) is 14.6 Å². The fourth-order valence-corrected chi connectivity index (χ4v) is 4.89. The van der Waals surface area contributed by atoms with Gasteiger partial charge in [-0.25, -0.2) is 4.98 Å². The number of thiazole rings is 1. The van der Waals surface area contributed by atoms with Gasteiger partial charge in [0.25, 0.3) is 5.91 Å². The topological polar surface area (TPSA) is 87.2 Å². The number of amides is 2. The summed E-state index contributed by atoms with van der Waals surface area (Å²) in [7, 11) is 0. The third-order valence-corrected chi connectivity index (χ3v) is 6.58. The van der Waals surface area contributed by atoms with Crippen molar-refractivity contribution < 1.29 is 9.59 Å². The van der Waals surface area contributed by atoms with Crippen LogP contribution in [0, 0.1) is 5.92 Å². The Morgan fingerprint density at radius 3 is 2.69 bits per heavy atom. The minimum Gasteiger partial charge on any atom is -0.338 e. The molecule has 0 spiro atoms. The van der Waals surface area contributed by atoms with Crippen molar-refractivity contribution in [1.29, 1.82) is 0 Å². The van der Waals surface area contributed by atoms with E-state index >= 15 is 0 Å². The highest BCUT2D eigenvalue weighted by Crippen LogP contribution is 2.32. The molecule has 9 heteroatoms. The van der Waals surface area contributed by atoms with E-state index in [1.165, 1.54) is 4.88 Å². The Morgan fingerprint density at radius 1 is 1.17 bits per heavy atom. The number of likely N-dealkylation sites (tertiary alicyclic amines) is 1. The van der Waals surface area contributed by atoms with E-state index < -0.39 is 0 Å². The van der Waals surface area contributed by atoms with Crippen molar-refractivity contribution >= 4 is 40.7 Å². The zero-order chi connectivity index (χ0) is 19.3. The molecular weight excluding hydrogens is 410 g/mol. The van der Waals surface area contributed by atoms with Gasteiger partial charge in [0.1, 0.15) is 0 Å². The minimum atomic E-state index is -0.203. The molecule has 0 saturated carbocycles. The molecule has 2 aliphatic rings. The van der Waals surface area contributed by atoms with E-state index in [1.54, 1.807) is 40.8 Å². The van der Waals surface area contributed by atoms with Gasteiger partial charge in [-0.05, 0) is 56.8 Å². The molecule has 4 rings (SSSR count). The molecule has 0 aromatic carbocycles. The van der Waals surface area contributed by atoms with Crippen LogP contribution in [0.5, 0.6) is 0 Å². The summed E-state index contributed by atoms with van der Waals surface area (Å²) < 4.78 is 0. The second-order valence-electron chi connectivity index (χ2n) is 7.41. The van der Waals surface area contributed by atoms with E-state index in [9.17, 15) is 9.59 Å². The molecule has 2 amide bonds. The highest BCUT2D eigenvalue weighted by molar-refractivity contribution is 7.15. The summed E-state index contributed by atoms with van der Waals surface area (Å²) in [6.07, 6.45) is 8.98. The molecule has 2 N–H and O–H groups in total. The molecule has 2 aromatic heterocycles. The first-order chi connectivity index (χ1) is 13.7. The van der Waals surface area contributed by atoms with Gasteiger partial charge in [0.05, 0.1) is 5.92 Å². The zero-order valence-corrected chi connectivity index (χ0v) is 17.8. The number of piperidine rings is 2. The van der Waals surface area contributed by atoms with Gasteiger partial charge >= 0.3 is 0 Å². The number of anilines is 1. The van der Waals surface area contributed by atoms with E-state index in [0.717, 1.165) is 38.8 Å². The second-order valence-corrected chi connectivity index (χ2v) is 8.47. The summed E-state index contributed by atoms with van der Waals surface area (Å²) in [6.45, 7) is 3.20. The molecule has 0 aliphatic carbocycles. The van der Waals surface area contributed by atoms with Crippen LogP contribution in [0.4, 0.5) is 5.13 Å². The van der Waals surface area contributed by atoms with Crippen LogP contribution in [0.3, 0.4) is 0 Å². The Kier molecular flexibility index (Phi) is 7.57. The summed E-state index contributed by atoms with van der Waals surface area (Å²) in [5.74, 6) is 0.249. The highest BCUT2D eigenvalue weighted by atomic mass is 35.5. The largest absolute Gasteiger partial charge is 0.338 e. The second kappa shape index (κ2) is 10.1. The van der Waals surface area contributed by atoms with Crippen LogP contribution in [0.1, 0.15) is 46.8 Å². The van der Waals surface area contributed by atoms with Crippen molar-refractivity contribution in [2.45, 2.75) is 31.6 Å². The zero-order valence-electron chi connectivity index (χ0n) is 16.2. The molecule has 1 atom stereocenters. The summed E-state index contributed by atoms with van der Waals surface area (Å²) >= 11 is 1.58. The van der Waals surface area contributed by atoms with E-state index in [-0.39, 0.29) is 30.1 Å². The lowest BCUT2D eigenvalue weighted by Gasteiger charge is -2.32. The maximum absolute atomic E-state index is 12.8. The number of carbonyl (C=O) groups is 2. The van der Waals surface area contributed by atoms with Gasteiger partial charge in [-0.2, -0.15) is 0 Å². The summed E-state index contributed by atoms with van der Waals surface area (Å²) in [5, 5.41) is 7.01. The first-order valence-electron chi connectivity index (χ1n) is 9.87. The third-order valence-electron chi connectivity index (χ3n) is 5.50. The molecular formula is C20H26ClN5O2S. The summed E-state index contributed by atoms with van der Waals surface area (Å²) in [6, 6.07) is 3.42. The Labute approximate surface area is 180 Å². The van der Waals surface area contributed by atoms with Gasteiger partial charge in [0.15, 0.2) is 5.13 Å². The molecule has 0 bridgehead atoms. The van der Waals surface area contributed by atoms with Crippen LogP contribution < -0.4 is 10.6 Å². The van der Waals surface area contributed by atoms with Gasteiger partial charge < -0.3 is 15.5 Å². The number of hydrogen-bond donors (Lipinski definition) is 2. The minimum absolute atomic E-state index is 0. The van der Waals surface area contributed by atoms with Gasteiger partial charge in [-0.1, -0.05) is 0 Å². The summed E-state index contributed by atoms with van der Waals surface area (Å²) in [4.78, 5) is 36.8. The molecule has 156 valence electrons. The predicted molar refractivity (Wildman–Crippen MR) is 116 cm³/mol. The normalized spacial score (nSPS) is 20.0. The Hall–Kier alpha value is -2.03. The van der Waals surface area contributed by atoms with Crippen LogP contribution in [-0.2, 0) is 4.79 Å². The predicted octanol–water partition coefficient (Wildman–Crippen LogP) is 2.92. The van der Waals surface area contributed by atoms with Crippen molar-refractivity contribution in [1.82, 2.24) is 20.2 Å². The molecule has 0 radical (unpaired) electrons. The van der Waals surface area contributed by atoms with Crippen LogP contribution in [-0.4, -0.2) is 52.9 Å². The fourth-order valence-electron chi connectivity index (χ4n) is 3.90. The average molecular weight is 436 g/mol. The van der Waals surface area contributed by atoms with Crippen LogP contribution in [0.2, 0.25) is 0 Å². The first kappa shape index (κ1) is 21.7. The first-order valence-corrected chi connectivity index (χ1v) is 10.7. The average Bonchev–Trinajstić information content (AvgIpc) is 3.23. The van der Waals surface area contributed by atoms with Crippen molar-refractivity contribution in [3.05, 3.63) is 41.2 Å². The molecule has 29 heavy (non-hydrogen) atoms. The molecule has 1 unspecified atom stereocenters. The monoisotopic (exact) mass is 435 g/mol. The molecule has 4 heterocycles. The number of hydrogen-bond acceptors (Lipinski definition) is 6. The van der Waals surface area contributed by atoms with E-state index in [0.29, 0.717) is 29.7 Å². The van der Waals surface area contributed by atoms with Crippen molar-refractivity contribution in [3.63, 3.8) is 0 Å².